The number of ether oxygens (including phenoxy) is 2. The van der Waals surface area contributed by atoms with Crippen LogP contribution >= 0.6 is 11.3 Å². The highest BCUT2D eigenvalue weighted by Gasteiger charge is 2.08. The van der Waals surface area contributed by atoms with E-state index < -0.39 is 0 Å². The van der Waals surface area contributed by atoms with E-state index in [0.717, 1.165) is 26.5 Å². The van der Waals surface area contributed by atoms with Gasteiger partial charge in [0.05, 0.1) is 23.2 Å². The molecule has 4 nitrogen and oxygen atoms in total. The van der Waals surface area contributed by atoms with E-state index in [0.29, 0.717) is 6.61 Å². The third kappa shape index (κ3) is 4.11. The molecule has 0 fully saturated rings. The molecule has 5 heteroatoms. The summed E-state index contributed by atoms with van der Waals surface area (Å²) >= 11 is 1.54. The van der Waals surface area contributed by atoms with Crippen LogP contribution in [0.1, 0.15) is 22.6 Å². The van der Waals surface area contributed by atoms with E-state index in [1.54, 1.807) is 11.3 Å². The second kappa shape index (κ2) is 7.45. The van der Waals surface area contributed by atoms with Crippen molar-refractivity contribution < 1.29 is 14.3 Å². The van der Waals surface area contributed by atoms with E-state index in [1.165, 1.54) is 5.56 Å². The van der Waals surface area contributed by atoms with Gasteiger partial charge in [0, 0.05) is 0 Å². The first-order valence-corrected chi connectivity index (χ1v) is 8.63. The molecule has 0 atom stereocenters. The molecule has 0 amide bonds. The van der Waals surface area contributed by atoms with Crippen molar-refractivity contribution >= 4 is 27.5 Å². The maximum atomic E-state index is 11.8. The number of benzene rings is 2. The molecule has 1 aromatic heterocycles. The predicted octanol–water partition coefficient (Wildman–Crippen LogP) is 4.43. The van der Waals surface area contributed by atoms with Crippen LogP contribution in [-0.2, 0) is 16.1 Å². The predicted molar refractivity (Wildman–Crippen MR) is 95.4 cm³/mol. The Morgan fingerprint density at radius 3 is 2.79 bits per heavy atom. The summed E-state index contributed by atoms with van der Waals surface area (Å²) in [7, 11) is 0. The third-order valence-corrected chi connectivity index (χ3v) is 4.60. The Morgan fingerprint density at radius 2 is 2.00 bits per heavy atom. The Morgan fingerprint density at radius 1 is 1.17 bits per heavy atom. The van der Waals surface area contributed by atoms with Gasteiger partial charge < -0.3 is 9.47 Å². The maximum absolute atomic E-state index is 11.8. The Bertz CT molecular complexity index is 824. The molecule has 0 N–H and O–H groups in total. The fourth-order valence-corrected chi connectivity index (χ4v) is 3.28. The summed E-state index contributed by atoms with van der Waals surface area (Å²) in [5.74, 6) is 0.526. The Kier molecular flexibility index (Phi) is 5.11. The van der Waals surface area contributed by atoms with Gasteiger partial charge in [-0.05, 0) is 37.6 Å². The first-order valence-electron chi connectivity index (χ1n) is 7.82. The molecular formula is C19H19NO3S. The number of nitrogens with zero attached hydrogens (tertiary/aromatic N) is 1. The maximum Gasteiger partial charge on any atom is 0.309 e. The topological polar surface area (TPSA) is 48.4 Å². The number of carbonyl (C=O) groups excluding carboxylic acids is 1. The second-order valence-electron chi connectivity index (χ2n) is 5.60. The minimum absolute atomic E-state index is 0.210. The number of fused-ring (bicyclic) bond motifs is 1. The molecule has 0 saturated heterocycles. The van der Waals surface area contributed by atoms with Crippen LogP contribution in [0.3, 0.4) is 0 Å². The van der Waals surface area contributed by atoms with Gasteiger partial charge in [-0.25, -0.2) is 4.98 Å². The summed E-state index contributed by atoms with van der Waals surface area (Å²) in [6.07, 6.45) is 0.220. The Labute approximate surface area is 145 Å². The van der Waals surface area contributed by atoms with Crippen molar-refractivity contribution in [1.82, 2.24) is 4.98 Å². The molecule has 0 aliphatic rings. The molecule has 0 bridgehead atoms. The van der Waals surface area contributed by atoms with Crippen molar-refractivity contribution in [3.05, 3.63) is 58.6 Å². The van der Waals surface area contributed by atoms with Gasteiger partial charge >= 0.3 is 5.97 Å². The van der Waals surface area contributed by atoms with Crippen LogP contribution in [0, 0.1) is 13.8 Å². The van der Waals surface area contributed by atoms with Crippen LogP contribution in [0.4, 0.5) is 0 Å². The number of aromatic nitrogens is 1. The molecule has 0 aliphatic carbocycles. The number of thiazole rings is 1. The largest absolute Gasteiger partial charge is 0.493 e. The third-order valence-electron chi connectivity index (χ3n) is 3.59. The van der Waals surface area contributed by atoms with Crippen LogP contribution in [0.25, 0.3) is 10.2 Å². The number of esters is 1. The molecule has 3 aromatic rings. The van der Waals surface area contributed by atoms with Crippen molar-refractivity contribution in [1.29, 1.82) is 0 Å². The van der Waals surface area contributed by atoms with E-state index in [2.05, 4.69) is 11.1 Å². The van der Waals surface area contributed by atoms with Gasteiger partial charge in [-0.3, -0.25) is 4.79 Å². The summed E-state index contributed by atoms with van der Waals surface area (Å²) in [4.78, 5) is 16.3. The first-order chi connectivity index (χ1) is 11.6. The molecule has 0 unspecified atom stereocenters. The van der Waals surface area contributed by atoms with Gasteiger partial charge in [0.2, 0.25) is 0 Å². The van der Waals surface area contributed by atoms with E-state index in [4.69, 9.17) is 9.47 Å². The first kappa shape index (κ1) is 16.5. The van der Waals surface area contributed by atoms with Gasteiger partial charge in [0.1, 0.15) is 17.4 Å². The molecule has 0 spiro atoms. The van der Waals surface area contributed by atoms with Crippen molar-refractivity contribution in [2.45, 2.75) is 26.9 Å². The lowest BCUT2D eigenvalue weighted by atomic mass is 10.1. The average molecular weight is 341 g/mol. The van der Waals surface area contributed by atoms with Crippen LogP contribution in [0.5, 0.6) is 5.75 Å². The quantitative estimate of drug-likeness (QED) is 0.623. The van der Waals surface area contributed by atoms with Crippen molar-refractivity contribution in [3.8, 4) is 5.75 Å². The minimum Gasteiger partial charge on any atom is -0.493 e. The number of para-hydroxylation sites is 1. The monoisotopic (exact) mass is 341 g/mol. The number of rotatable bonds is 6. The van der Waals surface area contributed by atoms with Crippen LogP contribution < -0.4 is 4.74 Å². The normalized spacial score (nSPS) is 10.8. The molecule has 0 aliphatic heterocycles. The summed E-state index contributed by atoms with van der Waals surface area (Å²) in [5.41, 5.74) is 3.19. The number of hydrogen-bond acceptors (Lipinski definition) is 5. The fourth-order valence-electron chi connectivity index (χ4n) is 2.40. The number of carbonyl (C=O) groups is 1. The van der Waals surface area contributed by atoms with Gasteiger partial charge in [0.25, 0.3) is 0 Å². The smallest absolute Gasteiger partial charge is 0.309 e. The molecule has 124 valence electrons. The van der Waals surface area contributed by atoms with Gasteiger partial charge in [0.15, 0.2) is 0 Å². The lowest BCUT2D eigenvalue weighted by molar-refractivity contribution is -0.145. The van der Waals surface area contributed by atoms with Gasteiger partial charge in [-0.1, -0.05) is 29.8 Å². The lowest BCUT2D eigenvalue weighted by Crippen LogP contribution is -2.10. The summed E-state index contributed by atoms with van der Waals surface area (Å²) < 4.78 is 12.0. The Balaban J connectivity index is 1.45. The zero-order chi connectivity index (χ0) is 16.9. The standard InChI is InChI=1S/C19H19NO3S/c1-13-7-8-16(14(2)11-13)22-10-9-19(21)23-12-18-20-15-5-3-4-6-17(15)24-18/h3-8,11H,9-10,12H2,1-2H3. The van der Waals surface area contributed by atoms with Gasteiger partial charge in [-0.15, -0.1) is 11.3 Å². The zero-order valence-corrected chi connectivity index (χ0v) is 14.6. The van der Waals surface area contributed by atoms with Crippen LogP contribution in [0.15, 0.2) is 42.5 Å². The molecule has 3 rings (SSSR count). The van der Waals surface area contributed by atoms with Crippen molar-refractivity contribution in [3.63, 3.8) is 0 Å². The van der Waals surface area contributed by atoms with E-state index in [1.807, 2.05) is 50.2 Å². The lowest BCUT2D eigenvalue weighted by Gasteiger charge is -2.09. The highest BCUT2D eigenvalue weighted by atomic mass is 32.1. The average Bonchev–Trinajstić information content (AvgIpc) is 2.98. The summed E-state index contributed by atoms with van der Waals surface area (Å²) in [5, 5.41) is 0.805. The molecule has 0 saturated carbocycles. The summed E-state index contributed by atoms with van der Waals surface area (Å²) in [6, 6.07) is 13.9. The second-order valence-corrected chi connectivity index (χ2v) is 6.72. The van der Waals surface area contributed by atoms with E-state index in [9.17, 15) is 4.79 Å². The highest BCUT2D eigenvalue weighted by molar-refractivity contribution is 7.18. The van der Waals surface area contributed by atoms with E-state index >= 15 is 0 Å². The van der Waals surface area contributed by atoms with Crippen molar-refractivity contribution in [2.24, 2.45) is 0 Å². The molecule has 1 heterocycles. The molecular weight excluding hydrogens is 322 g/mol. The van der Waals surface area contributed by atoms with Gasteiger partial charge in [-0.2, -0.15) is 0 Å². The van der Waals surface area contributed by atoms with Crippen LogP contribution in [0.2, 0.25) is 0 Å². The SMILES string of the molecule is Cc1ccc(OCCC(=O)OCc2nc3ccccc3s2)c(C)c1. The molecule has 2 aromatic carbocycles. The van der Waals surface area contributed by atoms with Crippen molar-refractivity contribution in [2.75, 3.05) is 6.61 Å². The van der Waals surface area contributed by atoms with E-state index in [-0.39, 0.29) is 19.0 Å². The summed E-state index contributed by atoms with van der Waals surface area (Å²) in [6.45, 7) is 4.55. The Hall–Kier alpha value is -2.40. The highest BCUT2D eigenvalue weighted by Crippen LogP contribution is 2.22. The van der Waals surface area contributed by atoms with Crippen LogP contribution in [-0.4, -0.2) is 17.6 Å². The molecule has 24 heavy (non-hydrogen) atoms. The zero-order valence-electron chi connectivity index (χ0n) is 13.7. The molecule has 0 radical (unpaired) electrons. The number of aryl methyl sites for hydroxylation is 2. The fraction of sp³-hybridized carbons (Fsp3) is 0.263. The minimum atomic E-state index is -0.279. The number of hydrogen-bond donors (Lipinski definition) is 0.